The Morgan fingerprint density at radius 1 is 1.29 bits per heavy atom. The highest BCUT2D eigenvalue weighted by Gasteiger charge is 2.28. The maximum absolute atomic E-state index is 6.05. The van der Waals surface area contributed by atoms with Crippen molar-refractivity contribution in [1.82, 2.24) is 15.0 Å². The molecule has 1 aliphatic rings. The minimum Gasteiger partial charge on any atom is -0.497 e. The van der Waals surface area contributed by atoms with Crippen molar-refractivity contribution in [3.05, 3.63) is 24.3 Å². The molecule has 1 aliphatic carbocycles. The smallest absolute Gasteiger partial charge is 0.150 e. The van der Waals surface area contributed by atoms with Gasteiger partial charge >= 0.3 is 0 Å². The zero-order valence-electron chi connectivity index (χ0n) is 9.63. The lowest BCUT2D eigenvalue weighted by atomic mass is 10.1. The van der Waals surface area contributed by atoms with Gasteiger partial charge in [-0.15, -0.1) is 5.10 Å². The van der Waals surface area contributed by atoms with Crippen LogP contribution >= 0.6 is 0 Å². The van der Waals surface area contributed by atoms with Gasteiger partial charge in [-0.05, 0) is 37.1 Å². The first-order valence-electron chi connectivity index (χ1n) is 5.64. The molecule has 5 heteroatoms. The molecule has 0 atom stereocenters. The minimum atomic E-state index is 0.453. The molecule has 1 heterocycles. The van der Waals surface area contributed by atoms with E-state index < -0.39 is 0 Å². The maximum Gasteiger partial charge on any atom is 0.150 e. The lowest BCUT2D eigenvalue weighted by Gasteiger charge is -2.02. The minimum absolute atomic E-state index is 0.453. The van der Waals surface area contributed by atoms with Gasteiger partial charge in [-0.2, -0.15) is 0 Å². The molecular formula is C12H14N4O. The second-order valence-corrected chi connectivity index (χ2v) is 4.23. The van der Waals surface area contributed by atoms with Crippen LogP contribution in [0.3, 0.4) is 0 Å². The van der Waals surface area contributed by atoms with Crippen LogP contribution in [0, 0.1) is 0 Å². The van der Waals surface area contributed by atoms with Crippen molar-refractivity contribution in [2.24, 2.45) is 0 Å². The zero-order valence-corrected chi connectivity index (χ0v) is 9.63. The monoisotopic (exact) mass is 230 g/mol. The molecule has 3 rings (SSSR count). The van der Waals surface area contributed by atoms with Crippen LogP contribution in [0.15, 0.2) is 24.3 Å². The number of benzene rings is 1. The molecule has 88 valence electrons. The Kier molecular flexibility index (Phi) is 2.24. The summed E-state index contributed by atoms with van der Waals surface area (Å²) in [5.74, 6) is 1.47. The van der Waals surface area contributed by atoms with Gasteiger partial charge in [-0.3, -0.25) is 0 Å². The molecule has 0 bridgehead atoms. The fraction of sp³-hybridized carbons (Fsp3) is 0.333. The largest absolute Gasteiger partial charge is 0.497 e. The molecule has 0 saturated heterocycles. The van der Waals surface area contributed by atoms with E-state index in [9.17, 15) is 0 Å². The van der Waals surface area contributed by atoms with Crippen LogP contribution in [-0.2, 0) is 0 Å². The first-order chi connectivity index (χ1) is 8.29. The number of anilines is 1. The second kappa shape index (κ2) is 3.76. The Balaban J connectivity index is 1.96. The SMILES string of the molecule is COc1ccc(-c2nnn(C3CC3)c2N)cc1. The summed E-state index contributed by atoms with van der Waals surface area (Å²) in [6.45, 7) is 0. The summed E-state index contributed by atoms with van der Waals surface area (Å²) in [6.07, 6.45) is 2.30. The van der Waals surface area contributed by atoms with Gasteiger partial charge in [0.1, 0.15) is 11.4 Å². The van der Waals surface area contributed by atoms with Crippen molar-refractivity contribution in [2.75, 3.05) is 12.8 Å². The van der Waals surface area contributed by atoms with Crippen molar-refractivity contribution in [2.45, 2.75) is 18.9 Å². The zero-order chi connectivity index (χ0) is 11.8. The number of nitrogen functional groups attached to an aromatic ring is 1. The predicted molar refractivity (Wildman–Crippen MR) is 64.7 cm³/mol. The highest BCUT2D eigenvalue weighted by Crippen LogP contribution is 2.38. The van der Waals surface area contributed by atoms with Crippen LogP contribution in [0.25, 0.3) is 11.3 Å². The summed E-state index contributed by atoms with van der Waals surface area (Å²) >= 11 is 0. The first kappa shape index (κ1) is 10.1. The summed E-state index contributed by atoms with van der Waals surface area (Å²) in [5.41, 5.74) is 7.77. The molecule has 0 spiro atoms. The fourth-order valence-corrected chi connectivity index (χ4v) is 1.84. The van der Waals surface area contributed by atoms with E-state index in [0.29, 0.717) is 11.9 Å². The normalized spacial score (nSPS) is 14.9. The number of ether oxygens (including phenoxy) is 1. The summed E-state index contributed by atoms with van der Waals surface area (Å²) in [7, 11) is 1.65. The third kappa shape index (κ3) is 1.73. The molecule has 2 N–H and O–H groups in total. The van der Waals surface area contributed by atoms with E-state index in [1.165, 1.54) is 0 Å². The van der Waals surface area contributed by atoms with E-state index in [-0.39, 0.29) is 0 Å². The van der Waals surface area contributed by atoms with Crippen LogP contribution in [0.5, 0.6) is 5.75 Å². The van der Waals surface area contributed by atoms with Gasteiger partial charge in [-0.1, -0.05) is 5.21 Å². The number of rotatable bonds is 3. The van der Waals surface area contributed by atoms with Crippen molar-refractivity contribution in [3.63, 3.8) is 0 Å². The fourth-order valence-electron chi connectivity index (χ4n) is 1.84. The summed E-state index contributed by atoms with van der Waals surface area (Å²) in [5, 5.41) is 8.26. The Hall–Kier alpha value is -2.04. The van der Waals surface area contributed by atoms with E-state index in [1.807, 2.05) is 28.9 Å². The van der Waals surface area contributed by atoms with Crippen LogP contribution in [0.1, 0.15) is 18.9 Å². The van der Waals surface area contributed by atoms with Gasteiger partial charge in [0.25, 0.3) is 0 Å². The Morgan fingerprint density at radius 2 is 2.00 bits per heavy atom. The van der Waals surface area contributed by atoms with Crippen LogP contribution in [0.4, 0.5) is 5.82 Å². The van der Waals surface area contributed by atoms with Gasteiger partial charge in [0.15, 0.2) is 5.82 Å². The van der Waals surface area contributed by atoms with Gasteiger partial charge < -0.3 is 10.5 Å². The van der Waals surface area contributed by atoms with Crippen molar-refractivity contribution < 1.29 is 4.74 Å². The van der Waals surface area contributed by atoms with Crippen LogP contribution in [0.2, 0.25) is 0 Å². The van der Waals surface area contributed by atoms with E-state index >= 15 is 0 Å². The molecule has 17 heavy (non-hydrogen) atoms. The average Bonchev–Trinajstić information content (AvgIpc) is 3.13. The van der Waals surface area contributed by atoms with E-state index in [2.05, 4.69) is 10.3 Å². The molecule has 1 saturated carbocycles. The molecule has 0 aliphatic heterocycles. The predicted octanol–water partition coefficient (Wildman–Crippen LogP) is 1.87. The topological polar surface area (TPSA) is 66.0 Å². The number of methoxy groups -OCH3 is 1. The standard InChI is InChI=1S/C12H14N4O/c1-17-10-6-2-8(3-7-10)11-12(13)16(15-14-11)9-4-5-9/h2-3,6-7,9H,4-5,13H2,1H3. The van der Waals surface area contributed by atoms with Crippen LogP contribution in [-0.4, -0.2) is 22.1 Å². The average molecular weight is 230 g/mol. The van der Waals surface area contributed by atoms with Crippen molar-refractivity contribution in [3.8, 4) is 17.0 Å². The molecule has 5 nitrogen and oxygen atoms in total. The molecular weight excluding hydrogens is 216 g/mol. The molecule has 1 aromatic carbocycles. The van der Waals surface area contributed by atoms with E-state index in [0.717, 1.165) is 29.8 Å². The first-order valence-corrected chi connectivity index (χ1v) is 5.64. The molecule has 0 amide bonds. The number of hydrogen-bond donors (Lipinski definition) is 1. The molecule has 2 aromatic rings. The molecule has 0 radical (unpaired) electrons. The quantitative estimate of drug-likeness (QED) is 0.874. The van der Waals surface area contributed by atoms with E-state index in [4.69, 9.17) is 10.5 Å². The number of hydrogen-bond acceptors (Lipinski definition) is 4. The van der Waals surface area contributed by atoms with Crippen LogP contribution < -0.4 is 10.5 Å². The van der Waals surface area contributed by atoms with Crippen molar-refractivity contribution >= 4 is 5.82 Å². The highest BCUT2D eigenvalue weighted by molar-refractivity contribution is 5.70. The third-order valence-corrected chi connectivity index (χ3v) is 2.99. The van der Waals surface area contributed by atoms with Crippen molar-refractivity contribution in [1.29, 1.82) is 0 Å². The lowest BCUT2D eigenvalue weighted by Crippen LogP contribution is -2.02. The number of nitrogens with zero attached hydrogens (tertiary/aromatic N) is 3. The maximum atomic E-state index is 6.05. The summed E-state index contributed by atoms with van der Waals surface area (Å²) in [4.78, 5) is 0. The van der Waals surface area contributed by atoms with Gasteiger partial charge in [0, 0.05) is 5.56 Å². The lowest BCUT2D eigenvalue weighted by molar-refractivity contribution is 0.415. The Morgan fingerprint density at radius 3 is 2.59 bits per heavy atom. The summed E-state index contributed by atoms with van der Waals surface area (Å²) < 4.78 is 6.94. The third-order valence-electron chi connectivity index (χ3n) is 2.99. The Bertz CT molecular complexity index is 528. The number of nitrogens with two attached hydrogens (primary N) is 1. The number of aromatic nitrogens is 3. The van der Waals surface area contributed by atoms with Gasteiger partial charge in [-0.25, -0.2) is 4.68 Å². The van der Waals surface area contributed by atoms with Gasteiger partial charge in [0.05, 0.1) is 13.2 Å². The van der Waals surface area contributed by atoms with E-state index in [1.54, 1.807) is 7.11 Å². The summed E-state index contributed by atoms with van der Waals surface area (Å²) in [6, 6.07) is 8.12. The molecule has 1 fully saturated rings. The Labute approximate surface area is 99.2 Å². The molecule has 1 aromatic heterocycles. The van der Waals surface area contributed by atoms with Gasteiger partial charge in [0.2, 0.25) is 0 Å². The molecule has 0 unspecified atom stereocenters. The second-order valence-electron chi connectivity index (χ2n) is 4.23. The highest BCUT2D eigenvalue weighted by atomic mass is 16.5.